The summed E-state index contributed by atoms with van der Waals surface area (Å²) in [5, 5.41) is 13.1. The third-order valence-electron chi connectivity index (χ3n) is 10.6. The standard InChI is InChI=1S/C29H45NO4/c1-17(16-30-19(3)31)6-9-25(33)18(2)27-26(34)15-24-22-8-7-20-14-21(32)10-12-28(20,4)23(22)11-13-29(24,27)5/h7,17-18,21-24,27,32H,6,8-16H2,1-5H3,(H,30,31)/t17-,18+,21+,22+,23-,24+,27-,28+,29+/m1/s1. The molecule has 0 aromatic heterocycles. The Kier molecular flexibility index (Phi) is 7.17. The number of hydrogen-bond donors (Lipinski definition) is 2. The minimum atomic E-state index is -0.234. The van der Waals surface area contributed by atoms with Crippen LogP contribution in [0.3, 0.4) is 0 Å². The van der Waals surface area contributed by atoms with Crippen LogP contribution in [-0.4, -0.2) is 35.2 Å². The van der Waals surface area contributed by atoms with Gasteiger partial charge in [0.25, 0.3) is 0 Å². The van der Waals surface area contributed by atoms with Gasteiger partial charge >= 0.3 is 0 Å². The Morgan fingerprint density at radius 1 is 1.15 bits per heavy atom. The summed E-state index contributed by atoms with van der Waals surface area (Å²) in [5.74, 6) is 1.78. The fourth-order valence-corrected chi connectivity index (χ4v) is 8.54. The lowest BCUT2D eigenvalue weighted by molar-refractivity contribution is -0.134. The van der Waals surface area contributed by atoms with Crippen LogP contribution in [0.5, 0.6) is 0 Å². The van der Waals surface area contributed by atoms with Crippen molar-refractivity contribution in [2.75, 3.05) is 6.54 Å². The number of hydrogen-bond acceptors (Lipinski definition) is 4. The minimum absolute atomic E-state index is 0.0411. The average molecular weight is 472 g/mol. The number of nitrogens with one attached hydrogen (secondary N) is 1. The zero-order valence-electron chi connectivity index (χ0n) is 21.9. The highest BCUT2D eigenvalue weighted by Gasteiger charge is 2.62. The Morgan fingerprint density at radius 2 is 1.88 bits per heavy atom. The van der Waals surface area contributed by atoms with Crippen LogP contribution in [-0.2, 0) is 14.4 Å². The van der Waals surface area contributed by atoms with Crippen LogP contribution >= 0.6 is 0 Å². The molecule has 4 rings (SSSR count). The maximum Gasteiger partial charge on any atom is 0.216 e. The van der Waals surface area contributed by atoms with Crippen LogP contribution in [0.25, 0.3) is 0 Å². The van der Waals surface area contributed by atoms with E-state index in [0.29, 0.717) is 42.9 Å². The van der Waals surface area contributed by atoms with Crippen LogP contribution in [0.2, 0.25) is 0 Å². The number of carbonyl (C=O) groups excluding carboxylic acids is 3. The van der Waals surface area contributed by atoms with E-state index < -0.39 is 0 Å². The van der Waals surface area contributed by atoms with Crippen molar-refractivity contribution in [2.45, 2.75) is 98.5 Å². The maximum absolute atomic E-state index is 13.4. The summed E-state index contributed by atoms with van der Waals surface area (Å²) in [7, 11) is 0. The number of carbonyl (C=O) groups is 3. The quantitative estimate of drug-likeness (QED) is 0.519. The molecule has 190 valence electrons. The average Bonchev–Trinajstić information content (AvgIpc) is 3.05. The Morgan fingerprint density at radius 3 is 2.59 bits per heavy atom. The van der Waals surface area contributed by atoms with Crippen molar-refractivity contribution < 1.29 is 19.5 Å². The molecule has 1 amide bonds. The van der Waals surface area contributed by atoms with Gasteiger partial charge in [-0.2, -0.15) is 0 Å². The van der Waals surface area contributed by atoms with E-state index in [-0.39, 0.29) is 46.4 Å². The van der Waals surface area contributed by atoms with Crippen molar-refractivity contribution in [3.63, 3.8) is 0 Å². The Bertz CT molecular complexity index is 864. The van der Waals surface area contributed by atoms with Gasteiger partial charge in [0, 0.05) is 38.1 Å². The Balaban J connectivity index is 1.46. The van der Waals surface area contributed by atoms with Gasteiger partial charge < -0.3 is 10.4 Å². The van der Waals surface area contributed by atoms with Crippen LogP contribution < -0.4 is 5.32 Å². The molecule has 0 aromatic rings. The molecule has 0 radical (unpaired) electrons. The fourth-order valence-electron chi connectivity index (χ4n) is 8.54. The van der Waals surface area contributed by atoms with Crippen molar-refractivity contribution >= 4 is 17.5 Å². The first-order valence-corrected chi connectivity index (χ1v) is 13.6. The number of rotatable bonds is 7. The van der Waals surface area contributed by atoms with E-state index in [0.717, 1.165) is 44.9 Å². The normalized spacial score (nSPS) is 40.9. The van der Waals surface area contributed by atoms with Crippen LogP contribution in [0.1, 0.15) is 92.4 Å². The van der Waals surface area contributed by atoms with Crippen molar-refractivity contribution in [1.29, 1.82) is 0 Å². The molecule has 2 N–H and O–H groups in total. The van der Waals surface area contributed by atoms with Gasteiger partial charge in [-0.15, -0.1) is 0 Å². The Hall–Kier alpha value is -1.49. The van der Waals surface area contributed by atoms with Crippen LogP contribution in [0.4, 0.5) is 0 Å². The number of amides is 1. The molecule has 3 saturated carbocycles. The SMILES string of the molecule is CC(=O)NC[C@H](C)CCC(=O)[C@H](C)[C@@H]1C(=O)C[C@H]2[C@H]3CC=C4C[C@@H](O)CC[C@]4(C)[C@@H]3CC[C@@]21C. The summed E-state index contributed by atoms with van der Waals surface area (Å²) >= 11 is 0. The number of allylic oxidation sites excluding steroid dienone is 1. The van der Waals surface area contributed by atoms with Crippen molar-refractivity contribution in [3.05, 3.63) is 11.6 Å². The summed E-state index contributed by atoms with van der Waals surface area (Å²) in [4.78, 5) is 37.8. The van der Waals surface area contributed by atoms with Gasteiger partial charge in [0.1, 0.15) is 11.6 Å². The minimum Gasteiger partial charge on any atom is -0.393 e. The molecule has 0 aliphatic heterocycles. The third-order valence-corrected chi connectivity index (χ3v) is 10.6. The van der Waals surface area contributed by atoms with Crippen molar-refractivity contribution in [2.24, 2.45) is 46.3 Å². The number of aliphatic hydroxyl groups is 1. The molecule has 5 nitrogen and oxygen atoms in total. The van der Waals surface area contributed by atoms with Crippen LogP contribution in [0, 0.1) is 46.3 Å². The van der Waals surface area contributed by atoms with E-state index in [9.17, 15) is 19.5 Å². The van der Waals surface area contributed by atoms with Gasteiger partial charge in [-0.05, 0) is 79.4 Å². The number of aliphatic hydroxyl groups excluding tert-OH is 1. The molecule has 4 aliphatic carbocycles. The molecule has 0 heterocycles. The molecule has 4 aliphatic rings. The second-order valence-corrected chi connectivity index (χ2v) is 12.7. The second-order valence-electron chi connectivity index (χ2n) is 12.7. The molecule has 0 unspecified atom stereocenters. The highest BCUT2D eigenvalue weighted by atomic mass is 16.3. The largest absolute Gasteiger partial charge is 0.393 e. The van der Waals surface area contributed by atoms with E-state index in [2.05, 4.69) is 32.2 Å². The molecule has 9 atom stereocenters. The van der Waals surface area contributed by atoms with E-state index in [1.165, 1.54) is 12.5 Å². The van der Waals surface area contributed by atoms with E-state index >= 15 is 0 Å². The number of ketones is 2. The predicted octanol–water partition coefficient (Wildman–Crippen LogP) is 4.86. The lowest BCUT2D eigenvalue weighted by Crippen LogP contribution is -2.51. The molecular weight excluding hydrogens is 426 g/mol. The second kappa shape index (κ2) is 9.52. The molecule has 0 bridgehead atoms. The summed E-state index contributed by atoms with van der Waals surface area (Å²) in [6, 6.07) is 0. The summed E-state index contributed by atoms with van der Waals surface area (Å²) in [6.45, 7) is 10.9. The van der Waals surface area contributed by atoms with Crippen LogP contribution in [0.15, 0.2) is 11.6 Å². The molecular formula is C29H45NO4. The molecule has 0 aromatic carbocycles. The summed E-state index contributed by atoms with van der Waals surface area (Å²) < 4.78 is 0. The Labute approximate surface area is 205 Å². The van der Waals surface area contributed by atoms with Gasteiger partial charge in [0.2, 0.25) is 5.91 Å². The third kappa shape index (κ3) is 4.42. The van der Waals surface area contributed by atoms with Gasteiger partial charge in [-0.1, -0.05) is 39.3 Å². The summed E-state index contributed by atoms with van der Waals surface area (Å²) in [6.07, 6.45) is 9.96. The van der Waals surface area contributed by atoms with Crippen molar-refractivity contribution in [1.82, 2.24) is 5.32 Å². The first-order valence-electron chi connectivity index (χ1n) is 13.6. The zero-order chi connectivity index (χ0) is 24.8. The molecule has 0 saturated heterocycles. The smallest absolute Gasteiger partial charge is 0.216 e. The van der Waals surface area contributed by atoms with E-state index in [1.54, 1.807) is 0 Å². The van der Waals surface area contributed by atoms with E-state index in [4.69, 9.17) is 0 Å². The van der Waals surface area contributed by atoms with E-state index in [1.807, 2.05) is 6.92 Å². The van der Waals surface area contributed by atoms with Crippen molar-refractivity contribution in [3.8, 4) is 0 Å². The highest BCUT2D eigenvalue weighted by Crippen LogP contribution is 2.66. The topological polar surface area (TPSA) is 83.5 Å². The van der Waals surface area contributed by atoms with Gasteiger partial charge in [-0.3, -0.25) is 14.4 Å². The van der Waals surface area contributed by atoms with Gasteiger partial charge in [0.05, 0.1) is 6.10 Å². The first-order chi connectivity index (χ1) is 16.0. The lowest BCUT2D eigenvalue weighted by Gasteiger charge is -2.58. The monoisotopic (exact) mass is 471 g/mol. The highest BCUT2D eigenvalue weighted by molar-refractivity contribution is 5.92. The summed E-state index contributed by atoms with van der Waals surface area (Å²) in [5.41, 5.74) is 1.52. The molecule has 34 heavy (non-hydrogen) atoms. The molecule has 3 fully saturated rings. The first kappa shape index (κ1) is 25.6. The molecule has 5 heteroatoms. The maximum atomic E-state index is 13.4. The number of fused-ring (bicyclic) bond motifs is 5. The van der Waals surface area contributed by atoms with Gasteiger partial charge in [0.15, 0.2) is 0 Å². The lowest BCUT2D eigenvalue weighted by atomic mass is 9.47. The van der Waals surface area contributed by atoms with Gasteiger partial charge in [-0.25, -0.2) is 0 Å². The fraction of sp³-hybridized carbons (Fsp3) is 0.828. The zero-order valence-corrected chi connectivity index (χ0v) is 21.9. The molecule has 0 spiro atoms. The predicted molar refractivity (Wildman–Crippen MR) is 133 cm³/mol. The number of Topliss-reactive ketones (excluding diaryl/α,β-unsaturated/α-hetero) is 2.